The van der Waals surface area contributed by atoms with Gasteiger partial charge in [-0.1, -0.05) is 33.6 Å². The lowest BCUT2D eigenvalue weighted by Crippen LogP contribution is -2.31. The number of rotatable bonds is 3. The van der Waals surface area contributed by atoms with Crippen LogP contribution in [0.15, 0.2) is 24.3 Å². The Bertz CT molecular complexity index is 571. The summed E-state index contributed by atoms with van der Waals surface area (Å²) in [6, 6.07) is 8.46. The minimum absolute atomic E-state index is 0.180. The van der Waals surface area contributed by atoms with E-state index in [1.165, 1.54) is 44.2 Å². The number of carbonyl (C=O) groups excluding carboxylic acids is 1. The number of amides is 1. The number of hydrogen-bond donors (Lipinski definition) is 1. The third kappa shape index (κ3) is 5.02. The highest BCUT2D eigenvalue weighted by molar-refractivity contribution is 5.92. The highest BCUT2D eigenvalue weighted by atomic mass is 16.1. The Labute approximate surface area is 159 Å². The van der Waals surface area contributed by atoms with E-state index in [-0.39, 0.29) is 11.8 Å². The first-order valence-electron chi connectivity index (χ1n) is 10.6. The van der Waals surface area contributed by atoms with Crippen LogP contribution in [0.5, 0.6) is 0 Å². The minimum Gasteiger partial charge on any atom is -0.372 e. The molecular weight excluding hydrogens is 320 g/mol. The molecule has 2 aliphatic rings. The molecule has 3 nitrogen and oxygen atoms in total. The summed E-state index contributed by atoms with van der Waals surface area (Å²) in [5.41, 5.74) is 2.59. The van der Waals surface area contributed by atoms with Crippen LogP contribution in [0.3, 0.4) is 0 Å². The van der Waals surface area contributed by atoms with E-state index in [1.54, 1.807) is 0 Å². The molecule has 1 aliphatic heterocycles. The summed E-state index contributed by atoms with van der Waals surface area (Å²) in [4.78, 5) is 15.1. The lowest BCUT2D eigenvalue weighted by atomic mass is 9.69. The van der Waals surface area contributed by atoms with Gasteiger partial charge in [0.1, 0.15) is 0 Å². The van der Waals surface area contributed by atoms with Gasteiger partial charge in [-0.15, -0.1) is 0 Å². The van der Waals surface area contributed by atoms with Gasteiger partial charge in [0.25, 0.3) is 0 Å². The van der Waals surface area contributed by atoms with Gasteiger partial charge in [0, 0.05) is 30.4 Å². The van der Waals surface area contributed by atoms with E-state index in [2.05, 4.69) is 55.3 Å². The fraction of sp³-hybridized carbons (Fsp3) is 0.696. The highest BCUT2D eigenvalue weighted by Gasteiger charge is 2.32. The minimum atomic E-state index is 0.180. The Balaban J connectivity index is 1.52. The van der Waals surface area contributed by atoms with E-state index in [1.807, 2.05) is 0 Å². The number of hydrogen-bond acceptors (Lipinski definition) is 2. The highest BCUT2D eigenvalue weighted by Crippen LogP contribution is 2.40. The average Bonchev–Trinajstić information content (AvgIpc) is 2.91. The predicted molar refractivity (Wildman–Crippen MR) is 111 cm³/mol. The number of anilines is 2. The zero-order chi connectivity index (χ0) is 18.6. The largest absolute Gasteiger partial charge is 0.372 e. The lowest BCUT2D eigenvalue weighted by molar-refractivity contribution is -0.121. The molecule has 3 heteroatoms. The van der Waals surface area contributed by atoms with Crippen LogP contribution < -0.4 is 10.2 Å². The molecule has 3 rings (SSSR count). The van der Waals surface area contributed by atoms with Crippen LogP contribution in [0.4, 0.5) is 11.4 Å². The van der Waals surface area contributed by atoms with Crippen LogP contribution in [-0.2, 0) is 4.79 Å². The summed E-state index contributed by atoms with van der Waals surface area (Å²) in [5.74, 6) is 1.14. The average molecular weight is 357 g/mol. The smallest absolute Gasteiger partial charge is 0.227 e. The molecule has 1 amide bonds. The summed E-state index contributed by atoms with van der Waals surface area (Å²) in [5, 5.41) is 3.15. The number of benzene rings is 1. The van der Waals surface area contributed by atoms with Gasteiger partial charge in [-0.05, 0) is 74.1 Å². The molecule has 1 N–H and O–H groups in total. The van der Waals surface area contributed by atoms with Crippen LogP contribution >= 0.6 is 0 Å². The van der Waals surface area contributed by atoms with Gasteiger partial charge in [-0.2, -0.15) is 0 Å². The van der Waals surface area contributed by atoms with Gasteiger partial charge >= 0.3 is 0 Å². The van der Waals surface area contributed by atoms with Gasteiger partial charge < -0.3 is 10.2 Å². The fourth-order valence-corrected chi connectivity index (χ4v) is 4.55. The molecular formula is C23H36N2O. The molecule has 1 saturated heterocycles. The molecule has 1 aromatic carbocycles. The quantitative estimate of drug-likeness (QED) is 0.736. The molecule has 0 atom stereocenters. The zero-order valence-corrected chi connectivity index (χ0v) is 16.9. The second kappa shape index (κ2) is 8.45. The molecule has 26 heavy (non-hydrogen) atoms. The van der Waals surface area contributed by atoms with Crippen molar-refractivity contribution in [2.45, 2.75) is 72.1 Å². The van der Waals surface area contributed by atoms with Crippen molar-refractivity contribution in [1.29, 1.82) is 0 Å². The zero-order valence-electron chi connectivity index (χ0n) is 16.9. The maximum absolute atomic E-state index is 12.6. The Morgan fingerprint density at radius 2 is 1.50 bits per heavy atom. The van der Waals surface area contributed by atoms with Crippen molar-refractivity contribution in [2.75, 3.05) is 23.3 Å². The van der Waals surface area contributed by atoms with Gasteiger partial charge in [-0.3, -0.25) is 4.79 Å². The van der Waals surface area contributed by atoms with Crippen LogP contribution in [0.25, 0.3) is 0 Å². The second-order valence-electron chi connectivity index (χ2n) is 9.35. The monoisotopic (exact) mass is 356 g/mol. The van der Waals surface area contributed by atoms with Crippen molar-refractivity contribution >= 4 is 17.3 Å². The van der Waals surface area contributed by atoms with Crippen molar-refractivity contribution in [1.82, 2.24) is 0 Å². The molecule has 1 heterocycles. The van der Waals surface area contributed by atoms with Crippen molar-refractivity contribution in [3.63, 3.8) is 0 Å². The molecule has 0 radical (unpaired) electrons. The van der Waals surface area contributed by atoms with Crippen molar-refractivity contribution < 1.29 is 4.79 Å². The van der Waals surface area contributed by atoms with Crippen molar-refractivity contribution in [3.8, 4) is 0 Å². The maximum Gasteiger partial charge on any atom is 0.227 e. The van der Waals surface area contributed by atoms with Gasteiger partial charge in [0.15, 0.2) is 0 Å². The number of nitrogens with one attached hydrogen (secondary N) is 1. The molecule has 0 spiro atoms. The Morgan fingerprint density at radius 3 is 2.04 bits per heavy atom. The summed E-state index contributed by atoms with van der Waals surface area (Å²) in [7, 11) is 0. The molecule has 0 aromatic heterocycles. The van der Waals surface area contributed by atoms with Crippen molar-refractivity contribution in [3.05, 3.63) is 24.3 Å². The standard InChI is InChI=1S/C23H36N2O/c1-23(2,3)19-10-8-18(9-11-19)22(26)24-20-12-14-21(15-13-20)25-16-6-4-5-7-17-25/h12-15,18-19H,4-11,16-17H2,1-3H3,(H,24,26). The van der Waals surface area contributed by atoms with E-state index in [9.17, 15) is 4.79 Å². The lowest BCUT2D eigenvalue weighted by Gasteiger charge is -2.36. The number of carbonyl (C=O) groups is 1. The Hall–Kier alpha value is -1.51. The summed E-state index contributed by atoms with van der Waals surface area (Å²) < 4.78 is 0. The topological polar surface area (TPSA) is 32.3 Å². The number of nitrogens with zero attached hydrogens (tertiary/aromatic N) is 1. The van der Waals surface area contributed by atoms with E-state index >= 15 is 0 Å². The molecule has 1 saturated carbocycles. The normalized spacial score (nSPS) is 24.8. The van der Waals surface area contributed by atoms with E-state index in [0.29, 0.717) is 5.41 Å². The van der Waals surface area contributed by atoms with E-state index in [0.717, 1.165) is 37.5 Å². The first-order chi connectivity index (χ1) is 12.4. The van der Waals surface area contributed by atoms with E-state index in [4.69, 9.17) is 0 Å². The predicted octanol–water partition coefficient (Wildman–Crippen LogP) is 5.86. The summed E-state index contributed by atoms with van der Waals surface area (Å²) in [6.07, 6.45) is 9.68. The molecule has 0 unspecified atom stereocenters. The third-order valence-electron chi connectivity index (χ3n) is 6.43. The van der Waals surface area contributed by atoms with E-state index < -0.39 is 0 Å². The molecule has 1 aromatic rings. The second-order valence-corrected chi connectivity index (χ2v) is 9.35. The molecule has 2 fully saturated rings. The van der Waals surface area contributed by atoms with Gasteiger partial charge in [-0.25, -0.2) is 0 Å². The Kier molecular flexibility index (Phi) is 6.26. The van der Waals surface area contributed by atoms with Crippen LogP contribution in [-0.4, -0.2) is 19.0 Å². The molecule has 144 valence electrons. The summed E-state index contributed by atoms with van der Waals surface area (Å²) in [6.45, 7) is 9.28. The van der Waals surface area contributed by atoms with Gasteiger partial charge in [0.2, 0.25) is 5.91 Å². The van der Waals surface area contributed by atoms with Gasteiger partial charge in [0.05, 0.1) is 0 Å². The maximum atomic E-state index is 12.6. The van der Waals surface area contributed by atoms with Crippen LogP contribution in [0.1, 0.15) is 72.1 Å². The van der Waals surface area contributed by atoms with Crippen LogP contribution in [0.2, 0.25) is 0 Å². The molecule has 0 bridgehead atoms. The summed E-state index contributed by atoms with van der Waals surface area (Å²) >= 11 is 0. The first kappa shape index (κ1) is 19.3. The van der Waals surface area contributed by atoms with Crippen LogP contribution in [0, 0.1) is 17.3 Å². The fourth-order valence-electron chi connectivity index (χ4n) is 4.55. The third-order valence-corrected chi connectivity index (χ3v) is 6.43. The first-order valence-corrected chi connectivity index (χ1v) is 10.6. The van der Waals surface area contributed by atoms with Crippen molar-refractivity contribution in [2.24, 2.45) is 17.3 Å². The molecule has 1 aliphatic carbocycles. The SMILES string of the molecule is CC(C)(C)C1CCC(C(=O)Nc2ccc(N3CCCCCC3)cc2)CC1. The Morgan fingerprint density at radius 1 is 0.923 bits per heavy atom.